The lowest BCUT2D eigenvalue weighted by atomic mass is 9.86. The van der Waals surface area contributed by atoms with Crippen LogP contribution in [0.1, 0.15) is 0 Å². The highest BCUT2D eigenvalue weighted by molar-refractivity contribution is 6.24. The number of hydrogen-bond acceptors (Lipinski definition) is 3. The van der Waals surface area contributed by atoms with Crippen molar-refractivity contribution in [2.45, 2.75) is 0 Å². The molecule has 0 aliphatic carbocycles. The number of para-hydroxylation sites is 1. The van der Waals surface area contributed by atoms with Crippen LogP contribution in [0.25, 0.3) is 105 Å². The minimum Gasteiger partial charge on any atom is -0.232 e. The summed E-state index contributed by atoms with van der Waals surface area (Å²) in [5.41, 5.74) is 11.0. The van der Waals surface area contributed by atoms with Gasteiger partial charge in [0.15, 0.2) is 5.82 Å². The van der Waals surface area contributed by atoms with Crippen molar-refractivity contribution in [2.24, 2.45) is 0 Å². The maximum Gasteiger partial charge on any atom is 0.160 e. The van der Waals surface area contributed by atoms with Gasteiger partial charge in [-0.05, 0) is 56.8 Å². The van der Waals surface area contributed by atoms with E-state index in [-0.39, 0.29) is 0 Å². The molecule has 0 saturated carbocycles. The zero-order valence-corrected chi connectivity index (χ0v) is 30.9. The summed E-state index contributed by atoms with van der Waals surface area (Å²) in [6, 6.07) is 72.5. The predicted molar refractivity (Wildman–Crippen MR) is 236 cm³/mol. The van der Waals surface area contributed by atoms with Crippen molar-refractivity contribution >= 4 is 43.2 Å². The maximum absolute atomic E-state index is 5.51. The Hall–Kier alpha value is -7.69. The summed E-state index contributed by atoms with van der Waals surface area (Å²) in [5.74, 6) is 0.673. The molecule has 0 radical (unpaired) electrons. The van der Waals surface area contributed by atoms with Gasteiger partial charge in [-0.3, -0.25) is 0 Å². The minimum atomic E-state index is 0.673. The van der Waals surface area contributed by atoms with E-state index in [2.05, 4.69) is 205 Å². The predicted octanol–water partition coefficient (Wildman–Crippen LogP) is 13.6. The molecule has 0 spiro atoms. The van der Waals surface area contributed by atoms with Crippen LogP contribution in [-0.4, -0.2) is 19.7 Å². The second-order valence-electron chi connectivity index (χ2n) is 14.4. The molecule has 57 heavy (non-hydrogen) atoms. The van der Waals surface area contributed by atoms with Crippen molar-refractivity contribution in [1.82, 2.24) is 19.7 Å². The van der Waals surface area contributed by atoms with Crippen LogP contribution in [0, 0.1) is 0 Å². The Balaban J connectivity index is 1.32. The van der Waals surface area contributed by atoms with Crippen molar-refractivity contribution < 1.29 is 0 Å². The molecule has 11 rings (SSSR count). The second kappa shape index (κ2) is 13.6. The molecule has 4 nitrogen and oxygen atoms in total. The zero-order valence-electron chi connectivity index (χ0n) is 30.9. The minimum absolute atomic E-state index is 0.673. The number of benzene rings is 9. The van der Waals surface area contributed by atoms with Crippen molar-refractivity contribution in [3.8, 4) is 62.0 Å². The van der Waals surface area contributed by atoms with E-state index in [9.17, 15) is 0 Å². The Morgan fingerprint density at radius 2 is 0.895 bits per heavy atom. The standard InChI is InChI=1S/C53H34N4/c1-5-19-35(20-6-1)48-49(43-31-17-18-32-44(43)52-50(48)51(36-21-7-2-8-22-36)56-57(52)39-26-11-4-12-27-39)47-34-46(54-53(55-47)37-23-9-3-10-24-37)45-33-38-25-13-14-28-40(38)41-29-15-16-30-42(41)45/h1-34H. The largest absolute Gasteiger partial charge is 0.232 e. The first-order valence-corrected chi connectivity index (χ1v) is 19.3. The fraction of sp³-hybridized carbons (Fsp3) is 0. The van der Waals surface area contributed by atoms with E-state index in [0.29, 0.717) is 5.82 Å². The molecule has 0 bridgehead atoms. The smallest absolute Gasteiger partial charge is 0.160 e. The van der Waals surface area contributed by atoms with Gasteiger partial charge in [-0.1, -0.05) is 182 Å². The molecule has 2 heterocycles. The quantitative estimate of drug-likeness (QED) is 0.160. The molecule has 4 heteroatoms. The Morgan fingerprint density at radius 1 is 0.368 bits per heavy atom. The molecular weight excluding hydrogens is 693 g/mol. The summed E-state index contributed by atoms with van der Waals surface area (Å²) >= 11 is 0. The maximum atomic E-state index is 5.51. The molecule has 0 atom stereocenters. The number of nitrogens with zero attached hydrogens (tertiary/aromatic N) is 4. The summed E-state index contributed by atoms with van der Waals surface area (Å²) in [5, 5.41) is 13.5. The van der Waals surface area contributed by atoms with Crippen molar-refractivity contribution in [3.05, 3.63) is 206 Å². The highest BCUT2D eigenvalue weighted by atomic mass is 15.3. The fourth-order valence-corrected chi connectivity index (χ4v) is 8.48. The van der Waals surface area contributed by atoms with Crippen LogP contribution in [-0.2, 0) is 0 Å². The molecule has 0 unspecified atom stereocenters. The third-order valence-electron chi connectivity index (χ3n) is 11.0. The Morgan fingerprint density at radius 3 is 1.60 bits per heavy atom. The van der Waals surface area contributed by atoms with E-state index in [0.717, 1.165) is 83.2 Å². The van der Waals surface area contributed by atoms with Crippen LogP contribution in [0.15, 0.2) is 206 Å². The molecule has 0 aliphatic rings. The van der Waals surface area contributed by atoms with Crippen LogP contribution in [0.3, 0.4) is 0 Å². The van der Waals surface area contributed by atoms with Crippen molar-refractivity contribution in [3.63, 3.8) is 0 Å². The van der Waals surface area contributed by atoms with E-state index in [1.165, 1.54) is 16.2 Å². The zero-order chi connectivity index (χ0) is 37.7. The lowest BCUT2D eigenvalue weighted by Gasteiger charge is -2.19. The second-order valence-corrected chi connectivity index (χ2v) is 14.4. The summed E-state index contributed by atoms with van der Waals surface area (Å²) in [7, 11) is 0. The van der Waals surface area contributed by atoms with Crippen LogP contribution in [0.5, 0.6) is 0 Å². The third-order valence-corrected chi connectivity index (χ3v) is 11.0. The summed E-state index contributed by atoms with van der Waals surface area (Å²) < 4.78 is 2.12. The lowest BCUT2D eigenvalue weighted by molar-refractivity contribution is 0.918. The summed E-state index contributed by atoms with van der Waals surface area (Å²) in [6.07, 6.45) is 0. The van der Waals surface area contributed by atoms with Crippen LogP contribution in [0.4, 0.5) is 0 Å². The molecule has 11 aromatic rings. The van der Waals surface area contributed by atoms with Crippen LogP contribution in [0.2, 0.25) is 0 Å². The van der Waals surface area contributed by atoms with Gasteiger partial charge in [-0.2, -0.15) is 5.10 Å². The van der Waals surface area contributed by atoms with Crippen molar-refractivity contribution in [2.75, 3.05) is 0 Å². The van der Waals surface area contributed by atoms with Gasteiger partial charge < -0.3 is 0 Å². The molecule has 2 aromatic heterocycles. The first kappa shape index (κ1) is 32.7. The topological polar surface area (TPSA) is 43.6 Å². The number of hydrogen-bond donors (Lipinski definition) is 0. The van der Waals surface area contributed by atoms with Gasteiger partial charge in [0.25, 0.3) is 0 Å². The van der Waals surface area contributed by atoms with Gasteiger partial charge in [0, 0.05) is 38.6 Å². The van der Waals surface area contributed by atoms with E-state index < -0.39 is 0 Å². The van der Waals surface area contributed by atoms with Gasteiger partial charge in [-0.25, -0.2) is 14.6 Å². The average Bonchev–Trinajstić information content (AvgIpc) is 3.70. The molecule has 0 saturated heterocycles. The summed E-state index contributed by atoms with van der Waals surface area (Å²) in [6.45, 7) is 0. The van der Waals surface area contributed by atoms with Gasteiger partial charge in [-0.15, -0.1) is 0 Å². The lowest BCUT2D eigenvalue weighted by Crippen LogP contribution is -2.00. The Kier molecular flexibility index (Phi) is 7.78. The number of rotatable bonds is 6. The molecule has 0 fully saturated rings. The average molecular weight is 727 g/mol. The fourth-order valence-electron chi connectivity index (χ4n) is 8.48. The highest BCUT2D eigenvalue weighted by Gasteiger charge is 2.27. The van der Waals surface area contributed by atoms with Gasteiger partial charge in [0.2, 0.25) is 0 Å². The first-order chi connectivity index (χ1) is 28.3. The molecule has 0 aliphatic heterocycles. The monoisotopic (exact) mass is 726 g/mol. The number of aromatic nitrogens is 4. The molecule has 266 valence electrons. The highest BCUT2D eigenvalue weighted by Crippen LogP contribution is 2.48. The van der Waals surface area contributed by atoms with E-state index in [1.54, 1.807) is 0 Å². The molecule has 0 amide bonds. The first-order valence-electron chi connectivity index (χ1n) is 19.3. The SMILES string of the molecule is c1ccc(-c2nc(-c3cc4ccccc4c4ccccc34)cc(-c3c(-c4ccccc4)c4c(-c5ccccc5)nn(-c5ccccc5)c4c4ccccc34)n2)cc1. The normalized spacial score (nSPS) is 11.5. The van der Waals surface area contributed by atoms with Crippen LogP contribution < -0.4 is 0 Å². The van der Waals surface area contributed by atoms with Gasteiger partial charge in [0.1, 0.15) is 5.69 Å². The van der Waals surface area contributed by atoms with E-state index in [4.69, 9.17) is 15.1 Å². The molecule has 9 aromatic carbocycles. The number of fused-ring (bicyclic) bond motifs is 6. The third kappa shape index (κ3) is 5.50. The van der Waals surface area contributed by atoms with Gasteiger partial charge >= 0.3 is 0 Å². The van der Waals surface area contributed by atoms with Crippen molar-refractivity contribution in [1.29, 1.82) is 0 Å². The Labute approximate surface area is 330 Å². The van der Waals surface area contributed by atoms with Crippen LogP contribution >= 0.6 is 0 Å². The molecule has 0 N–H and O–H groups in total. The van der Waals surface area contributed by atoms with Gasteiger partial charge in [0.05, 0.1) is 22.6 Å². The van der Waals surface area contributed by atoms with E-state index >= 15 is 0 Å². The Bertz CT molecular complexity index is 3260. The van der Waals surface area contributed by atoms with E-state index in [1.807, 2.05) is 6.07 Å². The summed E-state index contributed by atoms with van der Waals surface area (Å²) in [4.78, 5) is 10.9. The molecular formula is C53H34N4.